The first-order valence-electron chi connectivity index (χ1n) is 5.07. The Balaban J connectivity index is 2.18. The van der Waals surface area contributed by atoms with Gasteiger partial charge in [-0.1, -0.05) is 0 Å². The SMILES string of the molecule is CC(C)NC1=NSc2cc(C=O)ccc2N1. The number of guanidine groups is 1. The highest BCUT2D eigenvalue weighted by Gasteiger charge is 2.13. The number of nitrogens with zero attached hydrogens (tertiary/aromatic N) is 1. The van der Waals surface area contributed by atoms with Gasteiger partial charge in [0.2, 0.25) is 5.96 Å². The fourth-order valence-corrected chi connectivity index (χ4v) is 2.07. The van der Waals surface area contributed by atoms with Crippen LogP contribution in [-0.2, 0) is 0 Å². The van der Waals surface area contributed by atoms with Gasteiger partial charge < -0.3 is 10.6 Å². The smallest absolute Gasteiger partial charge is 0.208 e. The molecule has 0 saturated heterocycles. The summed E-state index contributed by atoms with van der Waals surface area (Å²) in [6.45, 7) is 4.11. The molecule has 1 aliphatic heterocycles. The van der Waals surface area contributed by atoms with Crippen molar-refractivity contribution >= 4 is 29.9 Å². The van der Waals surface area contributed by atoms with Gasteiger partial charge in [-0.2, -0.15) is 4.40 Å². The molecular formula is C11H13N3OS. The number of benzene rings is 1. The van der Waals surface area contributed by atoms with E-state index in [4.69, 9.17) is 0 Å². The van der Waals surface area contributed by atoms with Crippen LogP contribution in [0.1, 0.15) is 24.2 Å². The molecule has 0 radical (unpaired) electrons. The molecule has 4 nitrogen and oxygen atoms in total. The molecule has 0 atom stereocenters. The lowest BCUT2D eigenvalue weighted by atomic mass is 10.2. The van der Waals surface area contributed by atoms with E-state index in [0.29, 0.717) is 11.6 Å². The number of fused-ring (bicyclic) bond motifs is 1. The zero-order valence-corrected chi connectivity index (χ0v) is 9.97. The number of carbonyl (C=O) groups excluding carboxylic acids is 1. The number of hydrogen-bond donors (Lipinski definition) is 2. The molecule has 1 aromatic rings. The summed E-state index contributed by atoms with van der Waals surface area (Å²) >= 11 is 1.37. The lowest BCUT2D eigenvalue weighted by Crippen LogP contribution is -2.36. The molecule has 2 rings (SSSR count). The normalized spacial score (nSPS) is 13.8. The van der Waals surface area contributed by atoms with Gasteiger partial charge in [-0.25, -0.2) is 0 Å². The van der Waals surface area contributed by atoms with Crippen LogP contribution < -0.4 is 10.6 Å². The van der Waals surface area contributed by atoms with Crippen LogP contribution in [0.5, 0.6) is 0 Å². The summed E-state index contributed by atoms with van der Waals surface area (Å²) in [4.78, 5) is 11.6. The molecule has 1 heterocycles. The van der Waals surface area contributed by atoms with Crippen molar-refractivity contribution in [2.45, 2.75) is 24.8 Å². The maximum atomic E-state index is 10.6. The Kier molecular flexibility index (Phi) is 3.14. The first kappa shape index (κ1) is 11.0. The Hall–Kier alpha value is -1.49. The van der Waals surface area contributed by atoms with Crippen molar-refractivity contribution in [2.75, 3.05) is 5.32 Å². The summed E-state index contributed by atoms with van der Waals surface area (Å²) in [5, 5.41) is 6.38. The second-order valence-electron chi connectivity index (χ2n) is 3.83. The summed E-state index contributed by atoms with van der Waals surface area (Å²) in [7, 11) is 0. The summed E-state index contributed by atoms with van der Waals surface area (Å²) in [6.07, 6.45) is 0.840. The van der Waals surface area contributed by atoms with E-state index in [1.54, 1.807) is 6.07 Å². The van der Waals surface area contributed by atoms with Crippen molar-refractivity contribution in [1.82, 2.24) is 5.32 Å². The first-order valence-corrected chi connectivity index (χ1v) is 5.84. The number of hydrogen-bond acceptors (Lipinski definition) is 5. The Labute approximate surface area is 98.7 Å². The maximum Gasteiger partial charge on any atom is 0.208 e. The van der Waals surface area contributed by atoms with E-state index in [1.807, 2.05) is 12.1 Å². The fraction of sp³-hybridized carbons (Fsp3) is 0.273. The Morgan fingerprint density at radius 1 is 1.50 bits per heavy atom. The lowest BCUT2D eigenvalue weighted by molar-refractivity contribution is 0.112. The van der Waals surface area contributed by atoms with Crippen LogP contribution in [0.4, 0.5) is 5.69 Å². The number of carbonyl (C=O) groups is 1. The van der Waals surface area contributed by atoms with E-state index in [-0.39, 0.29) is 0 Å². The second-order valence-corrected chi connectivity index (χ2v) is 4.63. The molecule has 0 saturated carbocycles. The van der Waals surface area contributed by atoms with Crippen LogP contribution in [0.3, 0.4) is 0 Å². The van der Waals surface area contributed by atoms with Gasteiger partial charge in [-0.05, 0) is 32.0 Å². The number of nitrogens with one attached hydrogen (secondary N) is 2. The second kappa shape index (κ2) is 4.57. The zero-order chi connectivity index (χ0) is 11.5. The predicted molar refractivity (Wildman–Crippen MR) is 67.0 cm³/mol. The van der Waals surface area contributed by atoms with Crippen molar-refractivity contribution in [3.63, 3.8) is 0 Å². The molecule has 0 aromatic heterocycles. The average molecular weight is 235 g/mol. The van der Waals surface area contributed by atoms with Crippen LogP contribution in [0.2, 0.25) is 0 Å². The molecule has 0 unspecified atom stereocenters. The molecule has 1 aromatic carbocycles. The third-order valence-corrected chi connectivity index (χ3v) is 2.86. The highest BCUT2D eigenvalue weighted by Crippen LogP contribution is 2.32. The first-order chi connectivity index (χ1) is 7.69. The standard InChI is InChI=1S/C11H13N3OS/c1-7(2)12-11-13-9-4-3-8(6-15)5-10(9)16-14-11/h3-7H,1-2H3,(H2,12,13,14). The van der Waals surface area contributed by atoms with E-state index in [1.165, 1.54) is 11.9 Å². The van der Waals surface area contributed by atoms with Gasteiger partial charge in [0, 0.05) is 23.6 Å². The molecule has 2 N–H and O–H groups in total. The lowest BCUT2D eigenvalue weighted by Gasteiger charge is -2.20. The van der Waals surface area contributed by atoms with Crippen LogP contribution in [-0.4, -0.2) is 18.3 Å². The van der Waals surface area contributed by atoms with E-state index in [2.05, 4.69) is 28.9 Å². The van der Waals surface area contributed by atoms with Crippen molar-refractivity contribution < 1.29 is 4.79 Å². The molecule has 0 fully saturated rings. The molecule has 84 valence electrons. The summed E-state index contributed by atoms with van der Waals surface area (Å²) in [5.41, 5.74) is 1.65. The minimum Gasteiger partial charge on any atom is -0.353 e. The van der Waals surface area contributed by atoms with Crippen molar-refractivity contribution in [1.29, 1.82) is 0 Å². The van der Waals surface area contributed by atoms with E-state index in [9.17, 15) is 4.79 Å². The van der Waals surface area contributed by atoms with Gasteiger partial charge in [0.1, 0.15) is 6.29 Å². The van der Waals surface area contributed by atoms with Gasteiger partial charge >= 0.3 is 0 Å². The van der Waals surface area contributed by atoms with E-state index < -0.39 is 0 Å². The van der Waals surface area contributed by atoms with Crippen LogP contribution >= 0.6 is 11.9 Å². The molecule has 16 heavy (non-hydrogen) atoms. The van der Waals surface area contributed by atoms with Gasteiger partial charge in [-0.15, -0.1) is 0 Å². The summed E-state index contributed by atoms with van der Waals surface area (Å²) in [6, 6.07) is 5.85. The van der Waals surface area contributed by atoms with Crippen LogP contribution in [0.15, 0.2) is 27.5 Å². The molecule has 0 aliphatic carbocycles. The number of aldehydes is 1. The Bertz CT molecular complexity index is 443. The van der Waals surface area contributed by atoms with Crippen molar-refractivity contribution in [3.8, 4) is 0 Å². The molecular weight excluding hydrogens is 222 g/mol. The maximum absolute atomic E-state index is 10.6. The van der Waals surface area contributed by atoms with Gasteiger partial charge in [-0.3, -0.25) is 4.79 Å². The third-order valence-electron chi connectivity index (χ3n) is 2.06. The molecule has 5 heteroatoms. The largest absolute Gasteiger partial charge is 0.353 e. The molecule has 0 amide bonds. The Morgan fingerprint density at radius 3 is 3.00 bits per heavy atom. The highest BCUT2D eigenvalue weighted by molar-refractivity contribution is 7.98. The monoisotopic (exact) mass is 235 g/mol. The van der Waals surface area contributed by atoms with E-state index in [0.717, 1.165) is 22.8 Å². The van der Waals surface area contributed by atoms with Crippen molar-refractivity contribution in [3.05, 3.63) is 23.8 Å². The molecule has 0 bridgehead atoms. The average Bonchev–Trinajstić information content (AvgIpc) is 2.27. The van der Waals surface area contributed by atoms with E-state index >= 15 is 0 Å². The van der Waals surface area contributed by atoms with Crippen molar-refractivity contribution in [2.24, 2.45) is 4.40 Å². The zero-order valence-electron chi connectivity index (χ0n) is 9.15. The quantitative estimate of drug-likeness (QED) is 0.610. The minimum atomic E-state index is 0.336. The van der Waals surface area contributed by atoms with Gasteiger partial charge in [0.15, 0.2) is 0 Å². The summed E-state index contributed by atoms with van der Waals surface area (Å²) < 4.78 is 4.28. The number of rotatable bonds is 2. The van der Waals surface area contributed by atoms with Gasteiger partial charge in [0.05, 0.1) is 10.6 Å². The minimum absolute atomic E-state index is 0.336. The molecule has 1 aliphatic rings. The third kappa shape index (κ3) is 2.36. The topological polar surface area (TPSA) is 53.5 Å². The Morgan fingerprint density at radius 2 is 2.31 bits per heavy atom. The number of anilines is 1. The predicted octanol–water partition coefficient (Wildman–Crippen LogP) is 2.29. The van der Waals surface area contributed by atoms with Crippen LogP contribution in [0.25, 0.3) is 0 Å². The van der Waals surface area contributed by atoms with Crippen LogP contribution in [0, 0.1) is 0 Å². The van der Waals surface area contributed by atoms with Gasteiger partial charge in [0.25, 0.3) is 0 Å². The molecule has 0 spiro atoms. The fourth-order valence-electron chi connectivity index (χ4n) is 1.37. The highest BCUT2D eigenvalue weighted by atomic mass is 32.2. The summed E-state index contributed by atoms with van der Waals surface area (Å²) in [5.74, 6) is 0.756.